The minimum Gasteiger partial charge on any atom is -0.207 e. The van der Waals surface area contributed by atoms with Gasteiger partial charge in [0.1, 0.15) is 29.1 Å². The molecule has 0 nitrogen and oxygen atoms in total. The molecule has 118 heavy (non-hydrogen) atoms. The topological polar surface area (TPSA) is 0 Å². The monoisotopic (exact) mass is 1540 g/mol. The highest BCUT2D eigenvalue weighted by atomic mass is 19.1. The molecule has 0 fully saturated rings. The van der Waals surface area contributed by atoms with Crippen molar-refractivity contribution in [3.8, 4) is 89.0 Å². The predicted octanol–water partition coefficient (Wildman–Crippen LogP) is 30.3. The highest BCUT2D eigenvalue weighted by molar-refractivity contribution is 5.96. The molecule has 0 atom stereocenters. The summed E-state index contributed by atoms with van der Waals surface area (Å²) in [5.74, 6) is -0.906. The molecular formula is C113H89F5. The first-order valence-corrected chi connectivity index (χ1v) is 40.2. The number of benzene rings is 17. The number of hydrogen-bond donors (Lipinski definition) is 0. The highest BCUT2D eigenvalue weighted by Crippen LogP contribution is 2.63. The van der Waals surface area contributed by atoms with Crippen LogP contribution in [-0.2, 0) is 16.2 Å². The molecule has 5 heteroatoms. The van der Waals surface area contributed by atoms with Crippen molar-refractivity contribution in [2.45, 2.75) is 71.6 Å². The Morgan fingerprint density at radius 2 is 0.475 bits per heavy atom. The third-order valence-corrected chi connectivity index (χ3v) is 23.5. The maximum absolute atomic E-state index is 14.4. The maximum atomic E-state index is 14.4. The van der Waals surface area contributed by atoms with Crippen LogP contribution in [0.4, 0.5) is 22.0 Å². The summed E-state index contributed by atoms with van der Waals surface area (Å²) < 4.78 is 66.8. The van der Waals surface area contributed by atoms with Gasteiger partial charge in [-0.25, -0.2) is 22.0 Å². The Morgan fingerprint density at radius 1 is 0.169 bits per heavy atom. The first kappa shape index (κ1) is 78.3. The molecule has 0 radical (unpaired) electrons. The van der Waals surface area contributed by atoms with E-state index in [0.29, 0.717) is 5.56 Å². The number of aryl methyl sites for hydroxylation is 6. The van der Waals surface area contributed by atoms with Crippen LogP contribution >= 0.6 is 0 Å². The summed E-state index contributed by atoms with van der Waals surface area (Å²) in [6.45, 7) is 16.8. The number of fused-ring (bicyclic) bond motifs is 16. The molecule has 0 saturated heterocycles. The Morgan fingerprint density at radius 3 is 0.941 bits per heavy atom. The second-order valence-electron chi connectivity index (χ2n) is 31.7. The minimum atomic E-state index is -0.513. The van der Waals surface area contributed by atoms with Gasteiger partial charge < -0.3 is 0 Å². The molecule has 0 saturated carbocycles. The van der Waals surface area contributed by atoms with Gasteiger partial charge >= 0.3 is 0 Å². The molecular weight excluding hydrogens is 1450 g/mol. The zero-order valence-electron chi connectivity index (χ0n) is 67.4. The first-order valence-electron chi connectivity index (χ1n) is 40.2. The second-order valence-corrected chi connectivity index (χ2v) is 31.7. The van der Waals surface area contributed by atoms with E-state index in [9.17, 15) is 22.0 Å². The quantitative estimate of drug-likeness (QED) is 0.146. The van der Waals surface area contributed by atoms with E-state index in [-0.39, 0.29) is 39.9 Å². The van der Waals surface area contributed by atoms with Crippen LogP contribution in [0, 0.1) is 70.6 Å². The van der Waals surface area contributed by atoms with E-state index in [0.717, 1.165) is 55.6 Å². The lowest BCUT2D eigenvalue weighted by atomic mass is 9.67. The summed E-state index contributed by atoms with van der Waals surface area (Å²) in [6.07, 6.45) is 0. The summed E-state index contributed by atoms with van der Waals surface area (Å²) in [7, 11) is 0. The lowest BCUT2D eigenvalue weighted by Gasteiger charge is -2.34. The molecule has 0 bridgehead atoms. The molecule has 0 heterocycles. The van der Waals surface area contributed by atoms with Crippen LogP contribution in [0.2, 0.25) is 0 Å². The molecule has 0 N–H and O–H groups in total. The van der Waals surface area contributed by atoms with E-state index < -0.39 is 5.41 Å². The van der Waals surface area contributed by atoms with Crippen LogP contribution in [0.5, 0.6) is 0 Å². The van der Waals surface area contributed by atoms with Gasteiger partial charge in [-0.1, -0.05) is 381 Å². The fourth-order valence-corrected chi connectivity index (χ4v) is 17.7. The first-order chi connectivity index (χ1) is 57.3. The molecule has 1 spiro atoms. The normalized spacial score (nSPS) is 12.8. The van der Waals surface area contributed by atoms with Gasteiger partial charge in [-0.05, 0) is 241 Å². The molecule has 17 aromatic carbocycles. The van der Waals surface area contributed by atoms with E-state index >= 15 is 0 Å². The third-order valence-electron chi connectivity index (χ3n) is 23.5. The van der Waals surface area contributed by atoms with E-state index in [1.807, 2.05) is 111 Å². The fourth-order valence-electron chi connectivity index (χ4n) is 17.7. The molecule has 0 unspecified atom stereocenters. The largest absolute Gasteiger partial charge is 0.207 e. The van der Waals surface area contributed by atoms with Crippen molar-refractivity contribution in [3.63, 3.8) is 0 Å². The summed E-state index contributed by atoms with van der Waals surface area (Å²) in [5.41, 5.74) is 37.5. The molecule has 21 rings (SSSR count). The van der Waals surface area contributed by atoms with E-state index in [1.54, 1.807) is 60.7 Å². The van der Waals surface area contributed by atoms with Gasteiger partial charge in [-0.15, -0.1) is 0 Å². The fraction of sp³-hybridized carbons (Fsp3) is 0.0973. The molecule has 17 aromatic rings. The van der Waals surface area contributed by atoms with Gasteiger partial charge in [0.2, 0.25) is 0 Å². The van der Waals surface area contributed by atoms with Crippen molar-refractivity contribution < 1.29 is 22.0 Å². The Hall–Kier alpha value is -13.6. The number of halogens is 5. The Kier molecular flexibility index (Phi) is 22.1. The van der Waals surface area contributed by atoms with Crippen LogP contribution < -0.4 is 0 Å². The van der Waals surface area contributed by atoms with Crippen LogP contribution in [0.25, 0.3) is 89.0 Å². The number of hydrogen-bond acceptors (Lipinski definition) is 0. The molecule has 0 amide bonds. The molecule has 4 aliphatic rings. The van der Waals surface area contributed by atoms with Gasteiger partial charge in [-0.3, -0.25) is 0 Å². The van der Waals surface area contributed by atoms with Gasteiger partial charge in [0, 0.05) is 11.0 Å². The summed E-state index contributed by atoms with van der Waals surface area (Å²) in [4.78, 5) is 0. The van der Waals surface area contributed by atoms with E-state index in [2.05, 4.69) is 254 Å². The molecule has 0 aliphatic heterocycles. The van der Waals surface area contributed by atoms with Crippen molar-refractivity contribution in [2.75, 3.05) is 0 Å². The van der Waals surface area contributed by atoms with Crippen molar-refractivity contribution in [1.29, 1.82) is 0 Å². The summed E-state index contributed by atoms with van der Waals surface area (Å²) >= 11 is 0. The highest BCUT2D eigenvalue weighted by Gasteiger charge is 2.52. The van der Waals surface area contributed by atoms with Crippen LogP contribution in [0.1, 0.15) is 103 Å². The predicted molar refractivity (Wildman–Crippen MR) is 480 cm³/mol. The van der Waals surface area contributed by atoms with Crippen molar-refractivity contribution in [1.82, 2.24) is 0 Å². The zero-order chi connectivity index (χ0) is 81.8. The lowest BCUT2D eigenvalue weighted by Crippen LogP contribution is -2.28. The van der Waals surface area contributed by atoms with Gasteiger partial charge in [0.05, 0.1) is 10.8 Å². The smallest absolute Gasteiger partial charge is 0.131 e. The standard InChI is InChI=1S/C32H22.C26H19F.C16H15F.3C13H11F/c1-21-14-16-22(17-15-21)23-18-19-31-27(20-23)26-10-4-7-13-30(26)32(31)28-11-5-2-8-24(28)25-9-3-6-12-29(25)32;1-18-12-14-22-23-15-13-21(27)17-25(23)26(24(22)16-18,19-8-4-2-5-9-19)20-10-6-3-7-11-20;1-10-4-6-12-13-7-5-11(17)9-15(13)16(2,3)14(12)8-10;1-10-2-4-11(5-3-10)12-6-8-13(14)9-7-12;1-10-5-7-11(8-6-10)12-3-2-4-13(14)9-12;1-10-6-8-11(9-7-10)12-4-2-3-5-13(12)14/h2-20H,1H3;2-17H,1H3;4-9H,1-3H3;3*2-9H,1H3. The van der Waals surface area contributed by atoms with Crippen LogP contribution in [0.3, 0.4) is 0 Å². The van der Waals surface area contributed by atoms with Gasteiger partial charge in [-0.2, -0.15) is 0 Å². The van der Waals surface area contributed by atoms with E-state index in [1.165, 1.54) is 141 Å². The summed E-state index contributed by atoms with van der Waals surface area (Å²) in [5, 5.41) is 0. The molecule has 0 aromatic heterocycles. The molecule has 4 aliphatic carbocycles. The minimum absolute atomic E-state index is 0.0984. The van der Waals surface area contributed by atoms with Gasteiger partial charge in [0.25, 0.3) is 0 Å². The second kappa shape index (κ2) is 33.3. The van der Waals surface area contributed by atoms with Crippen molar-refractivity contribution in [2.24, 2.45) is 0 Å². The average molecular weight is 1540 g/mol. The molecule has 576 valence electrons. The van der Waals surface area contributed by atoms with E-state index in [4.69, 9.17) is 0 Å². The zero-order valence-corrected chi connectivity index (χ0v) is 67.4. The van der Waals surface area contributed by atoms with Crippen LogP contribution in [0.15, 0.2) is 394 Å². The summed E-state index contributed by atoms with van der Waals surface area (Å²) in [6, 6.07) is 131. The third kappa shape index (κ3) is 15.2. The van der Waals surface area contributed by atoms with Crippen molar-refractivity contribution in [3.05, 3.63) is 512 Å². The Balaban J connectivity index is 0.000000110. The van der Waals surface area contributed by atoms with Gasteiger partial charge in [0.15, 0.2) is 0 Å². The van der Waals surface area contributed by atoms with Crippen LogP contribution in [-0.4, -0.2) is 0 Å². The SMILES string of the molecule is Cc1ccc(-c2ccc(F)cc2)cc1.Cc1ccc(-c2ccc3c(c2)-c2ccccc2C32c3ccccc3-c3ccccc32)cc1.Cc1ccc(-c2cccc(F)c2)cc1.Cc1ccc(-c2ccccc2F)cc1.Cc1ccc2c(c1)C(C)(C)c1cc(F)ccc1-2.Cc1ccc2c(c1)C(c1ccccc1)(c1ccccc1)c1cc(F)ccc1-2. The average Bonchev–Trinajstić information content (AvgIpc) is 1.51. The maximum Gasteiger partial charge on any atom is 0.131 e. The van der Waals surface area contributed by atoms with Crippen molar-refractivity contribution >= 4 is 0 Å². The Labute approximate surface area is 690 Å². The Bertz CT molecular complexity index is 6240. The number of rotatable bonds is 6. The lowest BCUT2D eigenvalue weighted by molar-refractivity contribution is 0.609.